The number of furan rings is 1. The van der Waals surface area contributed by atoms with Crippen LogP contribution in [0.15, 0.2) is 22.1 Å². The Bertz CT molecular complexity index is 606. The van der Waals surface area contributed by atoms with Crippen molar-refractivity contribution in [1.29, 1.82) is 0 Å². The summed E-state index contributed by atoms with van der Waals surface area (Å²) < 4.78 is 11.2. The van der Waals surface area contributed by atoms with E-state index in [0.717, 1.165) is 12.2 Å². The quantitative estimate of drug-likeness (QED) is 0.872. The number of likely N-dealkylation sites (tertiary alicyclic amines) is 1. The third-order valence-corrected chi connectivity index (χ3v) is 4.04. The van der Waals surface area contributed by atoms with Crippen molar-refractivity contribution in [2.45, 2.75) is 26.4 Å². The lowest BCUT2D eigenvalue weighted by molar-refractivity contribution is 0.0770. The van der Waals surface area contributed by atoms with E-state index in [0.29, 0.717) is 29.6 Å². The maximum atomic E-state index is 12.4. The normalized spacial score (nSPS) is 18.5. The van der Waals surface area contributed by atoms with Gasteiger partial charge in [-0.25, -0.2) is 4.98 Å². The van der Waals surface area contributed by atoms with Crippen LogP contribution in [0.3, 0.4) is 0 Å². The highest BCUT2D eigenvalue weighted by atomic mass is 32.1. The number of hydrogen-bond donors (Lipinski definition) is 0. The Morgan fingerprint density at radius 3 is 3.05 bits per heavy atom. The molecule has 1 fully saturated rings. The molecule has 0 aliphatic carbocycles. The molecule has 2 aromatic heterocycles. The van der Waals surface area contributed by atoms with Gasteiger partial charge >= 0.3 is 0 Å². The van der Waals surface area contributed by atoms with Crippen molar-refractivity contribution < 1.29 is 13.9 Å². The van der Waals surface area contributed by atoms with Crippen LogP contribution in [0.5, 0.6) is 5.19 Å². The number of aromatic nitrogens is 1. The van der Waals surface area contributed by atoms with E-state index in [1.807, 2.05) is 24.1 Å². The topological polar surface area (TPSA) is 55.6 Å². The Hall–Kier alpha value is -1.82. The highest BCUT2D eigenvalue weighted by molar-refractivity contribution is 7.11. The van der Waals surface area contributed by atoms with Crippen molar-refractivity contribution >= 4 is 17.2 Å². The molecule has 1 amide bonds. The van der Waals surface area contributed by atoms with Gasteiger partial charge in [0.1, 0.15) is 17.6 Å². The lowest BCUT2D eigenvalue weighted by Crippen LogP contribution is -2.31. The molecule has 0 radical (unpaired) electrons. The minimum absolute atomic E-state index is 0.0181. The summed E-state index contributed by atoms with van der Waals surface area (Å²) in [5.41, 5.74) is 0.650. The van der Waals surface area contributed by atoms with E-state index in [4.69, 9.17) is 9.15 Å². The SMILES string of the molecule is Cc1cc(C(=O)N2CCC(Oc3nccs3)C2)c(C)o1. The highest BCUT2D eigenvalue weighted by Gasteiger charge is 2.30. The Labute approximate surface area is 121 Å². The van der Waals surface area contributed by atoms with E-state index in [1.165, 1.54) is 11.3 Å². The minimum Gasteiger partial charge on any atom is -0.466 e. The van der Waals surface area contributed by atoms with Crippen molar-refractivity contribution in [2.75, 3.05) is 13.1 Å². The first-order valence-electron chi connectivity index (χ1n) is 6.56. The molecular weight excluding hydrogens is 276 g/mol. The molecule has 1 saturated heterocycles. The molecule has 1 aliphatic rings. The van der Waals surface area contributed by atoms with Gasteiger partial charge in [-0.2, -0.15) is 0 Å². The fourth-order valence-electron chi connectivity index (χ4n) is 2.43. The fourth-order valence-corrected chi connectivity index (χ4v) is 2.98. The standard InChI is InChI=1S/C14H16N2O3S/c1-9-7-12(10(2)18-9)13(17)16-5-3-11(8-16)19-14-15-4-6-20-14/h4,6-7,11H,3,5,8H2,1-2H3. The van der Waals surface area contributed by atoms with Crippen LogP contribution in [-0.4, -0.2) is 35.0 Å². The predicted octanol–water partition coefficient (Wildman–Crippen LogP) is 2.65. The van der Waals surface area contributed by atoms with Crippen LogP contribution in [0.4, 0.5) is 0 Å². The van der Waals surface area contributed by atoms with E-state index in [2.05, 4.69) is 4.98 Å². The van der Waals surface area contributed by atoms with E-state index in [9.17, 15) is 4.79 Å². The summed E-state index contributed by atoms with van der Waals surface area (Å²) >= 11 is 1.47. The Kier molecular flexibility index (Phi) is 3.48. The van der Waals surface area contributed by atoms with E-state index in [1.54, 1.807) is 12.3 Å². The number of amides is 1. The van der Waals surface area contributed by atoms with Crippen molar-refractivity contribution in [2.24, 2.45) is 0 Å². The van der Waals surface area contributed by atoms with Gasteiger partial charge in [0.15, 0.2) is 0 Å². The molecule has 5 nitrogen and oxygen atoms in total. The molecule has 1 atom stereocenters. The van der Waals surface area contributed by atoms with Gasteiger partial charge in [-0.05, 0) is 19.9 Å². The summed E-state index contributed by atoms with van der Waals surface area (Å²) in [6.07, 6.45) is 2.58. The van der Waals surface area contributed by atoms with Crippen LogP contribution < -0.4 is 4.74 Å². The molecule has 6 heteroatoms. The third kappa shape index (κ3) is 2.56. The number of carbonyl (C=O) groups is 1. The molecular formula is C14H16N2O3S. The summed E-state index contributed by atoms with van der Waals surface area (Å²) in [4.78, 5) is 18.3. The van der Waals surface area contributed by atoms with Crippen molar-refractivity contribution in [3.63, 3.8) is 0 Å². The molecule has 3 rings (SSSR count). The van der Waals surface area contributed by atoms with Gasteiger partial charge < -0.3 is 14.1 Å². The van der Waals surface area contributed by atoms with Crippen LogP contribution in [0, 0.1) is 13.8 Å². The van der Waals surface area contributed by atoms with Gasteiger partial charge in [0.05, 0.1) is 12.1 Å². The molecule has 1 aliphatic heterocycles. The second kappa shape index (κ2) is 5.28. The van der Waals surface area contributed by atoms with E-state index in [-0.39, 0.29) is 12.0 Å². The number of nitrogens with zero attached hydrogens (tertiary/aromatic N) is 2. The summed E-state index contributed by atoms with van der Waals surface area (Å²) in [7, 11) is 0. The average Bonchev–Trinajstić information content (AvgIpc) is 3.11. The van der Waals surface area contributed by atoms with Crippen LogP contribution in [0.2, 0.25) is 0 Å². The van der Waals surface area contributed by atoms with Gasteiger partial charge in [-0.3, -0.25) is 4.79 Å². The van der Waals surface area contributed by atoms with E-state index < -0.39 is 0 Å². The van der Waals surface area contributed by atoms with Crippen LogP contribution in [0.1, 0.15) is 28.3 Å². The summed E-state index contributed by atoms with van der Waals surface area (Å²) in [5, 5.41) is 2.55. The molecule has 0 aromatic carbocycles. The molecule has 0 N–H and O–H groups in total. The number of ether oxygens (including phenoxy) is 1. The van der Waals surface area contributed by atoms with Gasteiger partial charge in [0.2, 0.25) is 0 Å². The number of hydrogen-bond acceptors (Lipinski definition) is 5. The summed E-state index contributed by atoms with van der Waals surface area (Å²) in [5.74, 6) is 1.46. The first kappa shape index (κ1) is 13.2. The molecule has 0 saturated carbocycles. The largest absolute Gasteiger partial charge is 0.466 e. The van der Waals surface area contributed by atoms with Gasteiger partial charge in [0, 0.05) is 24.5 Å². The zero-order valence-corrected chi connectivity index (χ0v) is 12.3. The average molecular weight is 292 g/mol. The third-order valence-electron chi connectivity index (χ3n) is 3.38. The van der Waals surface area contributed by atoms with Gasteiger partial charge in [-0.15, -0.1) is 0 Å². The predicted molar refractivity (Wildman–Crippen MR) is 75.2 cm³/mol. The number of carbonyl (C=O) groups excluding carboxylic acids is 1. The molecule has 106 valence electrons. The summed E-state index contributed by atoms with van der Waals surface area (Å²) in [6.45, 7) is 4.97. The van der Waals surface area contributed by atoms with Crippen molar-refractivity contribution in [3.8, 4) is 5.19 Å². The lowest BCUT2D eigenvalue weighted by atomic mass is 10.2. The van der Waals surface area contributed by atoms with Crippen LogP contribution in [0.25, 0.3) is 0 Å². The summed E-state index contributed by atoms with van der Waals surface area (Å²) in [6, 6.07) is 1.80. The maximum Gasteiger partial charge on any atom is 0.273 e. The highest BCUT2D eigenvalue weighted by Crippen LogP contribution is 2.23. The second-order valence-electron chi connectivity index (χ2n) is 4.90. The van der Waals surface area contributed by atoms with Crippen molar-refractivity contribution in [1.82, 2.24) is 9.88 Å². The first-order valence-corrected chi connectivity index (χ1v) is 7.44. The Morgan fingerprint density at radius 1 is 1.55 bits per heavy atom. The smallest absolute Gasteiger partial charge is 0.273 e. The molecule has 1 unspecified atom stereocenters. The van der Waals surface area contributed by atoms with Crippen LogP contribution in [-0.2, 0) is 0 Å². The molecule has 0 spiro atoms. The Morgan fingerprint density at radius 2 is 2.40 bits per heavy atom. The van der Waals surface area contributed by atoms with Crippen LogP contribution >= 0.6 is 11.3 Å². The molecule has 20 heavy (non-hydrogen) atoms. The van der Waals surface area contributed by atoms with Gasteiger partial charge in [0.25, 0.3) is 11.1 Å². The van der Waals surface area contributed by atoms with Gasteiger partial charge in [-0.1, -0.05) is 11.3 Å². The second-order valence-corrected chi connectivity index (χ2v) is 5.76. The minimum atomic E-state index is 0.0181. The van der Waals surface area contributed by atoms with E-state index >= 15 is 0 Å². The monoisotopic (exact) mass is 292 g/mol. The number of rotatable bonds is 3. The van der Waals surface area contributed by atoms with Crippen molar-refractivity contribution in [3.05, 3.63) is 34.7 Å². The molecule has 0 bridgehead atoms. The maximum absolute atomic E-state index is 12.4. The zero-order valence-electron chi connectivity index (χ0n) is 11.5. The number of thiazole rings is 1. The Balaban J connectivity index is 1.65. The molecule has 3 heterocycles. The lowest BCUT2D eigenvalue weighted by Gasteiger charge is -2.16. The zero-order chi connectivity index (χ0) is 14.1. The number of aryl methyl sites for hydroxylation is 2. The fraction of sp³-hybridized carbons (Fsp3) is 0.429. The first-order chi connectivity index (χ1) is 9.63. The molecule has 2 aromatic rings.